The fourth-order valence-corrected chi connectivity index (χ4v) is 5.14. The molecule has 1 atom stereocenters. The summed E-state index contributed by atoms with van der Waals surface area (Å²) < 4.78 is 1.28. The van der Waals surface area contributed by atoms with Crippen molar-refractivity contribution in [1.29, 1.82) is 0 Å². The van der Waals surface area contributed by atoms with E-state index in [1.165, 1.54) is 41.5 Å². The monoisotopic (exact) mass is 357 g/mol. The van der Waals surface area contributed by atoms with Crippen LogP contribution < -0.4 is 5.32 Å². The number of thiophene rings is 1. The highest BCUT2D eigenvalue weighted by atomic mass is 79.9. The van der Waals surface area contributed by atoms with Crippen LogP contribution in [0.4, 0.5) is 0 Å². The Hall–Kier alpha value is 0.140. The standard InChI is InChI=1S/C17H28BrNS/c1-17(2,3)13-7-5-12(6-8-13)15(19-4)11-16-14(18)9-10-20-16/h9-10,12-13,15,19H,5-8,11H2,1-4H3. The second kappa shape index (κ2) is 6.93. The van der Waals surface area contributed by atoms with E-state index in [0.717, 1.165) is 11.8 Å². The molecule has 114 valence electrons. The summed E-state index contributed by atoms with van der Waals surface area (Å²) in [4.78, 5) is 1.49. The molecule has 20 heavy (non-hydrogen) atoms. The third-order valence-electron chi connectivity index (χ3n) is 5.03. The summed E-state index contributed by atoms with van der Waals surface area (Å²) in [6.07, 6.45) is 6.74. The molecule has 1 aliphatic carbocycles. The van der Waals surface area contributed by atoms with Gasteiger partial charge in [-0.15, -0.1) is 11.3 Å². The van der Waals surface area contributed by atoms with Crippen molar-refractivity contribution >= 4 is 27.3 Å². The van der Waals surface area contributed by atoms with E-state index in [1.54, 1.807) is 0 Å². The highest BCUT2D eigenvalue weighted by Crippen LogP contribution is 2.41. The van der Waals surface area contributed by atoms with Crippen molar-refractivity contribution in [3.05, 3.63) is 20.8 Å². The quantitative estimate of drug-likeness (QED) is 0.750. The van der Waals surface area contributed by atoms with Gasteiger partial charge in [-0.1, -0.05) is 20.8 Å². The molecule has 1 heterocycles. The lowest BCUT2D eigenvalue weighted by molar-refractivity contribution is 0.134. The van der Waals surface area contributed by atoms with Crippen LogP contribution in [0.2, 0.25) is 0 Å². The summed E-state index contributed by atoms with van der Waals surface area (Å²) in [5.41, 5.74) is 0.483. The molecule has 0 spiro atoms. The number of nitrogens with one attached hydrogen (secondary N) is 1. The summed E-state index contributed by atoms with van der Waals surface area (Å²) in [5.74, 6) is 1.75. The third kappa shape index (κ3) is 4.08. The van der Waals surface area contributed by atoms with Gasteiger partial charge < -0.3 is 5.32 Å². The number of likely N-dealkylation sites (N-methyl/N-ethyl adjacent to an activating group) is 1. The molecule has 0 saturated heterocycles. The maximum atomic E-state index is 3.67. The van der Waals surface area contributed by atoms with Gasteiger partial charge in [-0.3, -0.25) is 0 Å². The first-order valence-corrected chi connectivity index (χ1v) is 9.48. The Morgan fingerprint density at radius 3 is 2.40 bits per heavy atom. The SMILES string of the molecule is CNC(Cc1sccc1Br)C1CCC(C(C)(C)C)CC1. The summed E-state index contributed by atoms with van der Waals surface area (Å²) in [6.45, 7) is 7.20. The molecule has 0 radical (unpaired) electrons. The van der Waals surface area contributed by atoms with Crippen LogP contribution in [0.15, 0.2) is 15.9 Å². The minimum atomic E-state index is 0.483. The Morgan fingerprint density at radius 1 is 1.30 bits per heavy atom. The lowest BCUT2D eigenvalue weighted by Crippen LogP contribution is -2.39. The van der Waals surface area contributed by atoms with Crippen LogP contribution in [-0.4, -0.2) is 13.1 Å². The topological polar surface area (TPSA) is 12.0 Å². The first kappa shape index (κ1) is 16.5. The molecule has 0 amide bonds. The van der Waals surface area contributed by atoms with Gasteiger partial charge in [0, 0.05) is 15.4 Å². The summed E-state index contributed by atoms with van der Waals surface area (Å²) in [7, 11) is 2.13. The largest absolute Gasteiger partial charge is 0.316 e. The zero-order valence-corrected chi connectivity index (χ0v) is 15.6. The van der Waals surface area contributed by atoms with Gasteiger partial charge in [-0.05, 0) is 83.8 Å². The highest BCUT2D eigenvalue weighted by Gasteiger charge is 2.32. The zero-order valence-electron chi connectivity index (χ0n) is 13.2. The highest BCUT2D eigenvalue weighted by molar-refractivity contribution is 9.10. The molecule has 1 N–H and O–H groups in total. The van der Waals surface area contributed by atoms with Gasteiger partial charge in [-0.25, -0.2) is 0 Å². The Labute approximate surface area is 136 Å². The van der Waals surface area contributed by atoms with Crippen molar-refractivity contribution in [2.45, 2.75) is 58.9 Å². The molecule has 3 heteroatoms. The number of hydrogen-bond donors (Lipinski definition) is 1. The lowest BCUT2D eigenvalue weighted by atomic mass is 9.68. The van der Waals surface area contributed by atoms with Crippen LogP contribution in [0.5, 0.6) is 0 Å². The van der Waals surface area contributed by atoms with E-state index in [1.807, 2.05) is 11.3 Å². The van der Waals surface area contributed by atoms with Crippen LogP contribution in [-0.2, 0) is 6.42 Å². The molecule has 1 aliphatic rings. The maximum absolute atomic E-state index is 3.67. The molecular weight excluding hydrogens is 330 g/mol. The summed E-state index contributed by atoms with van der Waals surface area (Å²) >= 11 is 5.54. The molecule has 0 aliphatic heterocycles. The molecule has 0 aromatic carbocycles. The van der Waals surface area contributed by atoms with Crippen LogP contribution >= 0.6 is 27.3 Å². The van der Waals surface area contributed by atoms with Gasteiger partial charge in [0.25, 0.3) is 0 Å². The minimum Gasteiger partial charge on any atom is -0.316 e. The van der Waals surface area contributed by atoms with Crippen LogP contribution in [0, 0.1) is 17.3 Å². The van der Waals surface area contributed by atoms with Crippen molar-refractivity contribution < 1.29 is 0 Å². The van der Waals surface area contributed by atoms with Crippen molar-refractivity contribution in [2.75, 3.05) is 7.05 Å². The minimum absolute atomic E-state index is 0.483. The number of rotatable bonds is 4. The van der Waals surface area contributed by atoms with Gasteiger partial charge in [0.2, 0.25) is 0 Å². The van der Waals surface area contributed by atoms with E-state index in [2.05, 4.69) is 60.5 Å². The van der Waals surface area contributed by atoms with Crippen molar-refractivity contribution in [1.82, 2.24) is 5.32 Å². The summed E-state index contributed by atoms with van der Waals surface area (Å²) in [5, 5.41) is 5.76. The molecule has 1 fully saturated rings. The predicted octanol–water partition coefficient (Wildman–Crippen LogP) is 5.49. The average molecular weight is 358 g/mol. The van der Waals surface area contributed by atoms with Crippen LogP contribution in [0.3, 0.4) is 0 Å². The van der Waals surface area contributed by atoms with E-state index in [9.17, 15) is 0 Å². The fourth-order valence-electron chi connectivity index (χ4n) is 3.56. The average Bonchev–Trinajstić information content (AvgIpc) is 2.80. The van der Waals surface area contributed by atoms with Crippen LogP contribution in [0.1, 0.15) is 51.3 Å². The third-order valence-corrected chi connectivity index (χ3v) is 6.98. The smallest absolute Gasteiger partial charge is 0.0314 e. The normalized spacial score (nSPS) is 25.6. The molecule has 0 bridgehead atoms. The fraction of sp³-hybridized carbons (Fsp3) is 0.765. The Kier molecular flexibility index (Phi) is 5.72. The van der Waals surface area contributed by atoms with Crippen molar-refractivity contribution in [3.8, 4) is 0 Å². The number of hydrogen-bond acceptors (Lipinski definition) is 2. The molecule has 1 aromatic heterocycles. The van der Waals surface area contributed by atoms with Gasteiger partial charge in [-0.2, -0.15) is 0 Å². The lowest BCUT2D eigenvalue weighted by Gasteiger charge is -2.39. The van der Waals surface area contributed by atoms with Gasteiger partial charge in [0.1, 0.15) is 0 Å². The van der Waals surface area contributed by atoms with E-state index in [4.69, 9.17) is 0 Å². The Bertz CT molecular complexity index is 413. The van der Waals surface area contributed by atoms with Crippen molar-refractivity contribution in [3.63, 3.8) is 0 Å². The van der Waals surface area contributed by atoms with Gasteiger partial charge in [0.15, 0.2) is 0 Å². The maximum Gasteiger partial charge on any atom is 0.0314 e. The zero-order chi connectivity index (χ0) is 14.8. The molecule has 2 rings (SSSR count). The first-order valence-electron chi connectivity index (χ1n) is 7.81. The molecular formula is C17H28BrNS. The molecule has 1 aromatic rings. The molecule has 1 nitrogen and oxygen atoms in total. The van der Waals surface area contributed by atoms with Gasteiger partial charge >= 0.3 is 0 Å². The first-order chi connectivity index (χ1) is 9.41. The van der Waals surface area contributed by atoms with Gasteiger partial charge in [0.05, 0.1) is 0 Å². The summed E-state index contributed by atoms with van der Waals surface area (Å²) in [6, 6.07) is 2.80. The molecule has 1 saturated carbocycles. The Morgan fingerprint density at radius 2 is 1.95 bits per heavy atom. The van der Waals surface area contributed by atoms with E-state index in [0.29, 0.717) is 11.5 Å². The predicted molar refractivity (Wildman–Crippen MR) is 93.5 cm³/mol. The van der Waals surface area contributed by atoms with Crippen molar-refractivity contribution in [2.24, 2.45) is 17.3 Å². The second-order valence-electron chi connectivity index (χ2n) is 7.27. The number of halogens is 1. The van der Waals surface area contributed by atoms with E-state index >= 15 is 0 Å². The van der Waals surface area contributed by atoms with E-state index in [-0.39, 0.29) is 0 Å². The second-order valence-corrected chi connectivity index (χ2v) is 9.12. The van der Waals surface area contributed by atoms with E-state index < -0.39 is 0 Å². The Balaban J connectivity index is 1.92. The molecule has 1 unspecified atom stereocenters. The van der Waals surface area contributed by atoms with Crippen LogP contribution in [0.25, 0.3) is 0 Å².